The molecule has 0 amide bonds. The van der Waals surface area contributed by atoms with E-state index in [0.29, 0.717) is 11.7 Å². The van der Waals surface area contributed by atoms with Crippen molar-refractivity contribution in [1.82, 2.24) is 0 Å². The fourth-order valence-electron chi connectivity index (χ4n) is 2.25. The van der Waals surface area contributed by atoms with E-state index in [4.69, 9.17) is 15.9 Å². The van der Waals surface area contributed by atoms with E-state index in [1.54, 1.807) is 0 Å². The summed E-state index contributed by atoms with van der Waals surface area (Å²) in [5, 5.41) is 7.78. The fourth-order valence-corrected chi connectivity index (χ4v) is 3.06. The third-order valence-corrected chi connectivity index (χ3v) is 4.48. The monoisotopic (exact) mass is 365 g/mol. The van der Waals surface area contributed by atoms with Gasteiger partial charge in [-0.25, -0.2) is 0 Å². The van der Waals surface area contributed by atoms with Crippen LogP contribution in [-0.4, -0.2) is 27.8 Å². The Kier molecular flexibility index (Phi) is 6.38. The maximum absolute atomic E-state index is 7.78. The van der Waals surface area contributed by atoms with Crippen molar-refractivity contribution in [2.24, 2.45) is 10.7 Å². The van der Waals surface area contributed by atoms with Crippen LogP contribution in [0, 0.1) is 5.41 Å². The highest BCUT2D eigenvalue weighted by atomic mass is 127. The highest BCUT2D eigenvalue weighted by Gasteiger charge is 2.28. The average molecular weight is 365 g/mol. The number of ether oxygens (including phenoxy) is 1. The average Bonchev–Trinajstić information content (AvgIpc) is 2.72. The third kappa shape index (κ3) is 5.12. The molecule has 0 aromatic carbocycles. The number of hydrogen-bond donors (Lipinski definition) is 2. The Bertz CT molecular complexity index is 311. The maximum atomic E-state index is 7.78. The molecule has 18 heavy (non-hydrogen) atoms. The summed E-state index contributed by atoms with van der Waals surface area (Å²) in [6.45, 7) is 4.50. The first-order valence-corrected chi connectivity index (χ1v) is 7.91. The lowest BCUT2D eigenvalue weighted by atomic mass is 10.0. The second kappa shape index (κ2) is 7.31. The van der Waals surface area contributed by atoms with Gasteiger partial charge in [0, 0.05) is 0 Å². The van der Waals surface area contributed by atoms with Crippen LogP contribution in [0.15, 0.2) is 4.99 Å². The van der Waals surface area contributed by atoms with Crippen molar-refractivity contribution in [1.29, 1.82) is 5.41 Å². The van der Waals surface area contributed by atoms with Gasteiger partial charge in [-0.05, 0) is 26.2 Å². The van der Waals surface area contributed by atoms with Crippen molar-refractivity contribution in [2.75, 3.05) is 6.61 Å². The van der Waals surface area contributed by atoms with Gasteiger partial charge < -0.3 is 10.5 Å². The van der Waals surface area contributed by atoms with Crippen molar-refractivity contribution in [3.05, 3.63) is 0 Å². The summed E-state index contributed by atoms with van der Waals surface area (Å²) in [6.07, 6.45) is 6.70. The molecule has 3 N–H and O–H groups in total. The minimum Gasteiger partial charge on any atom is -0.472 e. The Morgan fingerprint density at radius 2 is 2.11 bits per heavy atom. The lowest BCUT2D eigenvalue weighted by Gasteiger charge is -2.19. The van der Waals surface area contributed by atoms with Crippen LogP contribution in [0.25, 0.3) is 0 Å². The van der Waals surface area contributed by atoms with E-state index in [9.17, 15) is 0 Å². The smallest absolute Gasteiger partial charge is 0.194 e. The summed E-state index contributed by atoms with van der Waals surface area (Å²) in [7, 11) is 0. The fraction of sp³-hybridized carbons (Fsp3) is 0.846. The first-order chi connectivity index (χ1) is 8.47. The van der Waals surface area contributed by atoms with E-state index in [-0.39, 0.29) is 16.1 Å². The number of aliphatic imine (C=N–C) groups is 1. The van der Waals surface area contributed by atoms with Gasteiger partial charge in [0.25, 0.3) is 0 Å². The molecule has 1 atom stereocenters. The Balaban J connectivity index is 2.38. The molecular weight excluding hydrogens is 341 g/mol. The lowest BCUT2D eigenvalue weighted by molar-refractivity contribution is 0.346. The van der Waals surface area contributed by atoms with Crippen LogP contribution >= 0.6 is 22.6 Å². The predicted molar refractivity (Wildman–Crippen MR) is 84.9 cm³/mol. The van der Waals surface area contributed by atoms with Crippen LogP contribution in [-0.2, 0) is 4.74 Å². The standard InChI is InChI=1S/C13H24IN3O/c1-3-6-10(14)12(16)18-9-11(15)17-13(2)7-4-5-8-13/h10,16H,3-9H2,1-2H3,(H2,15,17). The topological polar surface area (TPSA) is 71.5 Å². The second-order valence-corrected chi connectivity index (χ2v) is 6.72. The molecule has 4 nitrogen and oxygen atoms in total. The number of hydrogen-bond acceptors (Lipinski definition) is 3. The van der Waals surface area contributed by atoms with E-state index < -0.39 is 0 Å². The molecule has 1 aliphatic rings. The number of alkyl halides is 1. The quantitative estimate of drug-likeness (QED) is 0.328. The second-order valence-electron chi connectivity index (χ2n) is 5.22. The Morgan fingerprint density at radius 1 is 1.50 bits per heavy atom. The predicted octanol–water partition coefficient (Wildman–Crippen LogP) is 3.27. The zero-order valence-corrected chi connectivity index (χ0v) is 13.5. The molecule has 1 aliphatic carbocycles. The zero-order valence-electron chi connectivity index (χ0n) is 11.3. The number of nitrogens with two attached hydrogens (primary N) is 1. The van der Waals surface area contributed by atoms with Crippen LogP contribution < -0.4 is 5.73 Å². The molecule has 1 unspecified atom stereocenters. The molecular formula is C13H24IN3O. The molecule has 0 aromatic rings. The lowest BCUT2D eigenvalue weighted by Crippen LogP contribution is -2.29. The van der Waals surface area contributed by atoms with Gasteiger partial charge in [-0.3, -0.25) is 10.4 Å². The molecule has 1 fully saturated rings. The molecule has 0 saturated heterocycles. The summed E-state index contributed by atoms with van der Waals surface area (Å²) in [6, 6.07) is 0. The van der Waals surface area contributed by atoms with Crippen LogP contribution in [0.3, 0.4) is 0 Å². The van der Waals surface area contributed by atoms with Gasteiger partial charge in [0.2, 0.25) is 0 Å². The third-order valence-electron chi connectivity index (χ3n) is 3.30. The zero-order chi connectivity index (χ0) is 13.6. The SMILES string of the molecule is CCCC(I)C(=N)OCC(N)=NC1(C)CCCC1. The summed E-state index contributed by atoms with van der Waals surface area (Å²) in [4.78, 5) is 4.56. The van der Waals surface area contributed by atoms with Crippen molar-refractivity contribution >= 4 is 34.3 Å². The summed E-state index contributed by atoms with van der Waals surface area (Å²) < 4.78 is 5.53. The molecule has 0 heterocycles. The molecule has 1 rings (SSSR count). The first-order valence-electron chi connectivity index (χ1n) is 6.66. The molecule has 0 radical (unpaired) electrons. The molecule has 0 aromatic heterocycles. The summed E-state index contributed by atoms with van der Waals surface area (Å²) in [5.41, 5.74) is 5.89. The Hall–Kier alpha value is -0.330. The van der Waals surface area contributed by atoms with Crippen molar-refractivity contribution in [3.8, 4) is 0 Å². The maximum Gasteiger partial charge on any atom is 0.194 e. The van der Waals surface area contributed by atoms with Crippen LogP contribution in [0.1, 0.15) is 52.4 Å². The van der Waals surface area contributed by atoms with Gasteiger partial charge in [0.05, 0.1) is 9.46 Å². The number of nitrogens with zero attached hydrogens (tertiary/aromatic N) is 1. The molecule has 104 valence electrons. The van der Waals surface area contributed by atoms with Crippen molar-refractivity contribution in [2.45, 2.75) is 61.8 Å². The van der Waals surface area contributed by atoms with E-state index >= 15 is 0 Å². The first kappa shape index (κ1) is 15.7. The van der Waals surface area contributed by atoms with E-state index in [1.165, 1.54) is 12.8 Å². The van der Waals surface area contributed by atoms with Gasteiger partial charge in [-0.1, -0.05) is 48.8 Å². The van der Waals surface area contributed by atoms with Crippen LogP contribution in [0.4, 0.5) is 0 Å². The van der Waals surface area contributed by atoms with Crippen LogP contribution in [0.2, 0.25) is 0 Å². The molecule has 5 heteroatoms. The van der Waals surface area contributed by atoms with E-state index in [2.05, 4.69) is 41.4 Å². The number of nitrogens with one attached hydrogen (secondary N) is 1. The van der Waals surface area contributed by atoms with Gasteiger partial charge in [0.1, 0.15) is 12.4 Å². The van der Waals surface area contributed by atoms with Crippen molar-refractivity contribution < 1.29 is 4.74 Å². The number of halogens is 1. The van der Waals surface area contributed by atoms with Gasteiger partial charge >= 0.3 is 0 Å². The van der Waals surface area contributed by atoms with Crippen molar-refractivity contribution in [3.63, 3.8) is 0 Å². The summed E-state index contributed by atoms with van der Waals surface area (Å²) in [5.74, 6) is 0.830. The highest BCUT2D eigenvalue weighted by Crippen LogP contribution is 2.32. The normalized spacial score (nSPS) is 20.7. The van der Waals surface area contributed by atoms with Crippen LogP contribution in [0.5, 0.6) is 0 Å². The Morgan fingerprint density at radius 3 is 2.67 bits per heavy atom. The minimum atomic E-state index is 0.00276. The van der Waals surface area contributed by atoms with Gasteiger partial charge in [0.15, 0.2) is 5.90 Å². The largest absolute Gasteiger partial charge is 0.472 e. The summed E-state index contributed by atoms with van der Waals surface area (Å²) >= 11 is 2.24. The minimum absolute atomic E-state index is 0.00276. The number of rotatable bonds is 6. The van der Waals surface area contributed by atoms with E-state index in [0.717, 1.165) is 25.7 Å². The highest BCUT2D eigenvalue weighted by molar-refractivity contribution is 14.1. The molecule has 0 aliphatic heterocycles. The molecule has 1 saturated carbocycles. The van der Waals surface area contributed by atoms with Gasteiger partial charge in [-0.2, -0.15) is 0 Å². The number of amidine groups is 1. The Labute approximate surface area is 123 Å². The molecule has 0 spiro atoms. The van der Waals surface area contributed by atoms with Gasteiger partial charge in [-0.15, -0.1) is 0 Å². The molecule has 0 bridgehead atoms. The van der Waals surface area contributed by atoms with E-state index in [1.807, 2.05) is 0 Å².